The van der Waals surface area contributed by atoms with E-state index in [1.54, 1.807) is 32.9 Å². The van der Waals surface area contributed by atoms with E-state index in [9.17, 15) is 18.6 Å². The summed E-state index contributed by atoms with van der Waals surface area (Å²) in [7, 11) is -1.78. The summed E-state index contributed by atoms with van der Waals surface area (Å²) >= 11 is 0. The van der Waals surface area contributed by atoms with Crippen molar-refractivity contribution < 1.29 is 23.4 Å². The van der Waals surface area contributed by atoms with E-state index in [-0.39, 0.29) is 35.8 Å². The van der Waals surface area contributed by atoms with Crippen LogP contribution in [0.25, 0.3) is 0 Å². The van der Waals surface area contributed by atoms with Gasteiger partial charge in [0.25, 0.3) is 0 Å². The molecule has 1 fully saturated rings. The van der Waals surface area contributed by atoms with Gasteiger partial charge in [0.15, 0.2) is 0 Å². The van der Waals surface area contributed by atoms with Gasteiger partial charge in [-0.3, -0.25) is 0 Å². The fraction of sp³-hybridized carbons (Fsp3) is 0.692. The van der Waals surface area contributed by atoms with Gasteiger partial charge in [-0.25, -0.2) is 8.42 Å². The molecule has 7 nitrogen and oxygen atoms in total. The van der Waals surface area contributed by atoms with Crippen molar-refractivity contribution in [1.29, 1.82) is 0 Å². The number of sulfonamides is 1. The Kier molecular flexibility index (Phi) is 8.70. The third kappa shape index (κ3) is 6.73. The van der Waals surface area contributed by atoms with Crippen LogP contribution < -0.4 is 4.74 Å². The van der Waals surface area contributed by atoms with Crippen molar-refractivity contribution in [3.05, 3.63) is 23.8 Å². The molecule has 0 spiro atoms. The lowest BCUT2D eigenvalue weighted by molar-refractivity contribution is 0.0712. The molecule has 0 saturated heterocycles. The number of nitrogens with zero attached hydrogens (tertiary/aromatic N) is 2. The van der Waals surface area contributed by atoms with Crippen molar-refractivity contribution >= 4 is 10.0 Å². The third-order valence-electron chi connectivity index (χ3n) is 6.72. The van der Waals surface area contributed by atoms with Gasteiger partial charge in [0.1, 0.15) is 22.4 Å². The molecule has 0 amide bonds. The first-order chi connectivity index (χ1) is 15.9. The SMILES string of the molecule is C[C@@H]1CN([C@@H](C)CO)S(=O)(=O)c2ccc(C#CC(C)(C)O)cc2O[C@H]1CN(C)CC1CCCC1. The van der Waals surface area contributed by atoms with Crippen molar-refractivity contribution in [2.75, 3.05) is 33.3 Å². The topological polar surface area (TPSA) is 90.3 Å². The second-order valence-corrected chi connectivity index (χ2v) is 12.4. The minimum Gasteiger partial charge on any atom is -0.487 e. The summed E-state index contributed by atoms with van der Waals surface area (Å²) in [6.45, 7) is 8.61. The van der Waals surface area contributed by atoms with E-state index in [4.69, 9.17) is 4.74 Å². The molecule has 0 aromatic heterocycles. The maximum Gasteiger partial charge on any atom is 0.247 e. The zero-order valence-corrected chi connectivity index (χ0v) is 21.9. The molecule has 3 rings (SSSR count). The number of ether oxygens (including phenoxy) is 1. The Morgan fingerprint density at radius 2 is 1.94 bits per heavy atom. The first kappa shape index (κ1) is 27.0. The molecule has 1 saturated carbocycles. The molecule has 190 valence electrons. The number of rotatable bonds is 6. The Labute approximate surface area is 205 Å². The summed E-state index contributed by atoms with van der Waals surface area (Å²) in [5.41, 5.74) is -0.589. The molecule has 0 radical (unpaired) electrons. The van der Waals surface area contributed by atoms with Crippen LogP contribution in [0, 0.1) is 23.7 Å². The van der Waals surface area contributed by atoms with Crippen LogP contribution in [0.5, 0.6) is 5.75 Å². The zero-order valence-electron chi connectivity index (χ0n) is 21.1. The van der Waals surface area contributed by atoms with Crippen molar-refractivity contribution in [2.45, 2.75) is 76.0 Å². The van der Waals surface area contributed by atoms with Gasteiger partial charge >= 0.3 is 0 Å². The number of fused-ring (bicyclic) bond motifs is 1. The Morgan fingerprint density at radius 1 is 1.26 bits per heavy atom. The highest BCUT2D eigenvalue weighted by Gasteiger charge is 2.38. The van der Waals surface area contributed by atoms with Crippen molar-refractivity contribution in [3.8, 4) is 17.6 Å². The molecule has 1 aliphatic carbocycles. The molecule has 3 atom stereocenters. The molecule has 1 aromatic rings. The van der Waals surface area contributed by atoms with Crippen LogP contribution in [0.2, 0.25) is 0 Å². The van der Waals surface area contributed by atoms with Gasteiger partial charge < -0.3 is 19.8 Å². The molecular formula is C26H40N2O5S. The first-order valence-corrected chi connectivity index (χ1v) is 13.7. The van der Waals surface area contributed by atoms with Crippen LogP contribution in [0.15, 0.2) is 23.1 Å². The smallest absolute Gasteiger partial charge is 0.247 e. The molecule has 0 bridgehead atoms. The first-order valence-electron chi connectivity index (χ1n) is 12.3. The second kappa shape index (κ2) is 11.0. The van der Waals surface area contributed by atoms with Gasteiger partial charge in [-0.05, 0) is 64.8 Å². The van der Waals surface area contributed by atoms with E-state index in [2.05, 4.69) is 23.8 Å². The summed E-state index contributed by atoms with van der Waals surface area (Å²) in [4.78, 5) is 2.38. The van der Waals surface area contributed by atoms with Crippen LogP contribution in [0.4, 0.5) is 0 Å². The molecule has 8 heteroatoms. The molecule has 34 heavy (non-hydrogen) atoms. The average molecular weight is 493 g/mol. The number of likely N-dealkylation sites (N-methyl/N-ethyl adjacent to an activating group) is 1. The number of benzene rings is 1. The fourth-order valence-corrected chi connectivity index (χ4v) is 6.59. The van der Waals surface area contributed by atoms with Gasteiger partial charge in [0.05, 0.1) is 6.61 Å². The normalized spacial score (nSPS) is 24.5. The highest BCUT2D eigenvalue weighted by Crippen LogP contribution is 2.34. The largest absolute Gasteiger partial charge is 0.487 e. The highest BCUT2D eigenvalue weighted by atomic mass is 32.2. The van der Waals surface area contributed by atoms with Crippen LogP contribution in [-0.4, -0.2) is 78.9 Å². The molecule has 1 heterocycles. The van der Waals surface area contributed by atoms with E-state index in [1.165, 1.54) is 36.1 Å². The monoisotopic (exact) mass is 492 g/mol. The molecule has 1 aromatic carbocycles. The Morgan fingerprint density at radius 3 is 2.56 bits per heavy atom. The standard InChI is InChI=1S/C26H40N2O5S/c1-19-15-28(20(2)18-29)34(31,32)25-11-10-21(12-13-26(3,4)30)14-23(25)33-24(19)17-27(5)16-22-8-6-7-9-22/h10-11,14,19-20,22,24,29-30H,6-9,15-18H2,1-5H3/t19-,20+,24+/m1/s1. The molecular weight excluding hydrogens is 452 g/mol. The van der Waals surface area contributed by atoms with Gasteiger partial charge in [-0.2, -0.15) is 4.31 Å². The van der Waals surface area contributed by atoms with Gasteiger partial charge in [0.2, 0.25) is 10.0 Å². The van der Waals surface area contributed by atoms with Gasteiger partial charge in [0, 0.05) is 37.2 Å². The van der Waals surface area contributed by atoms with Crippen LogP contribution in [0.3, 0.4) is 0 Å². The molecule has 2 aliphatic rings. The molecule has 2 N–H and O–H groups in total. The van der Waals surface area contributed by atoms with E-state index in [0.29, 0.717) is 18.0 Å². The maximum atomic E-state index is 13.6. The predicted octanol–water partition coefficient (Wildman–Crippen LogP) is 2.70. The molecule has 1 aliphatic heterocycles. The second-order valence-electron chi connectivity index (χ2n) is 10.6. The van der Waals surface area contributed by atoms with Crippen molar-refractivity contribution in [1.82, 2.24) is 9.21 Å². The third-order valence-corrected chi connectivity index (χ3v) is 8.74. The zero-order chi connectivity index (χ0) is 25.1. The van der Waals surface area contributed by atoms with Gasteiger partial charge in [-0.1, -0.05) is 31.6 Å². The summed E-state index contributed by atoms with van der Waals surface area (Å²) in [5.74, 6) is 6.57. The fourth-order valence-electron chi connectivity index (χ4n) is 4.76. The lowest BCUT2D eigenvalue weighted by Crippen LogP contribution is -2.49. The Bertz CT molecular complexity index is 1000. The summed E-state index contributed by atoms with van der Waals surface area (Å²) in [6, 6.07) is 4.25. The minimum absolute atomic E-state index is 0.0805. The molecule has 0 unspecified atom stereocenters. The lowest BCUT2D eigenvalue weighted by atomic mass is 10.0. The summed E-state index contributed by atoms with van der Waals surface area (Å²) < 4.78 is 34.9. The van der Waals surface area contributed by atoms with Crippen LogP contribution in [-0.2, 0) is 10.0 Å². The highest BCUT2D eigenvalue weighted by molar-refractivity contribution is 7.89. The Balaban J connectivity index is 1.98. The van der Waals surface area contributed by atoms with E-state index >= 15 is 0 Å². The quantitative estimate of drug-likeness (QED) is 0.594. The van der Waals surface area contributed by atoms with E-state index in [1.807, 2.05) is 6.92 Å². The minimum atomic E-state index is -3.88. The van der Waals surface area contributed by atoms with Crippen LogP contribution >= 0.6 is 0 Å². The number of hydrogen-bond acceptors (Lipinski definition) is 6. The number of hydrogen-bond donors (Lipinski definition) is 2. The summed E-state index contributed by atoms with van der Waals surface area (Å²) in [6.07, 6.45) is 4.88. The average Bonchev–Trinajstić information content (AvgIpc) is 3.26. The lowest BCUT2D eigenvalue weighted by Gasteiger charge is -2.38. The van der Waals surface area contributed by atoms with Crippen molar-refractivity contribution in [3.63, 3.8) is 0 Å². The summed E-state index contributed by atoms with van der Waals surface area (Å²) in [5, 5.41) is 19.8. The van der Waals surface area contributed by atoms with E-state index < -0.39 is 21.7 Å². The Hall–Kier alpha value is -1.63. The number of aliphatic hydroxyl groups excluding tert-OH is 1. The van der Waals surface area contributed by atoms with E-state index in [0.717, 1.165) is 6.54 Å². The number of aliphatic hydroxyl groups is 2. The predicted molar refractivity (Wildman–Crippen MR) is 133 cm³/mol. The maximum absolute atomic E-state index is 13.6. The van der Waals surface area contributed by atoms with Gasteiger partial charge in [-0.15, -0.1) is 0 Å². The van der Waals surface area contributed by atoms with Crippen LogP contribution in [0.1, 0.15) is 58.9 Å². The van der Waals surface area contributed by atoms with Crippen molar-refractivity contribution in [2.24, 2.45) is 11.8 Å².